The zero-order chi connectivity index (χ0) is 27.8. The molecule has 1 saturated heterocycles. The van der Waals surface area contributed by atoms with E-state index in [9.17, 15) is 18.0 Å². The van der Waals surface area contributed by atoms with Crippen molar-refractivity contribution in [1.29, 1.82) is 0 Å². The summed E-state index contributed by atoms with van der Waals surface area (Å²) in [6, 6.07) is 12.6. The molecular formula is C26H27F3N7O3+. The third kappa shape index (κ3) is 5.91. The first kappa shape index (κ1) is 26.3. The van der Waals surface area contributed by atoms with E-state index in [-0.39, 0.29) is 23.7 Å². The quantitative estimate of drug-likeness (QED) is 0.339. The first-order valence-electron chi connectivity index (χ1n) is 12.4. The van der Waals surface area contributed by atoms with Gasteiger partial charge >= 0.3 is 18.0 Å². The van der Waals surface area contributed by atoms with Crippen LogP contribution >= 0.6 is 0 Å². The SMILES string of the molecule is Cc1nc(-c2nnc(-c3ccccc3)o2)nn1Cc1cc[n+](OC(=O)C(F)(F)F)c(N2CCC(C)(C)CC2)c1. The van der Waals surface area contributed by atoms with Crippen molar-refractivity contribution < 1.29 is 32.0 Å². The van der Waals surface area contributed by atoms with Gasteiger partial charge < -0.3 is 4.42 Å². The van der Waals surface area contributed by atoms with Crippen LogP contribution in [0.15, 0.2) is 53.1 Å². The van der Waals surface area contributed by atoms with E-state index in [0.717, 1.165) is 28.7 Å². The summed E-state index contributed by atoms with van der Waals surface area (Å²) in [4.78, 5) is 22.6. The lowest BCUT2D eigenvalue weighted by atomic mass is 9.83. The van der Waals surface area contributed by atoms with Gasteiger partial charge in [-0.3, -0.25) is 4.90 Å². The monoisotopic (exact) mass is 542 g/mol. The molecule has 1 fully saturated rings. The minimum atomic E-state index is -5.11. The molecule has 0 unspecified atom stereocenters. The first-order chi connectivity index (χ1) is 18.5. The van der Waals surface area contributed by atoms with Crippen LogP contribution in [0.2, 0.25) is 0 Å². The number of piperidine rings is 1. The Morgan fingerprint density at radius 2 is 1.79 bits per heavy atom. The second-order valence-corrected chi connectivity index (χ2v) is 10.2. The number of benzene rings is 1. The largest absolute Gasteiger partial charge is 0.495 e. The third-order valence-electron chi connectivity index (χ3n) is 6.64. The van der Waals surface area contributed by atoms with Crippen LogP contribution in [-0.2, 0) is 11.3 Å². The molecule has 0 saturated carbocycles. The summed E-state index contributed by atoms with van der Waals surface area (Å²) < 4.78 is 47.0. The van der Waals surface area contributed by atoms with Crippen molar-refractivity contribution in [3.05, 3.63) is 60.0 Å². The fourth-order valence-corrected chi connectivity index (χ4v) is 4.25. The highest BCUT2D eigenvalue weighted by Crippen LogP contribution is 2.31. The van der Waals surface area contributed by atoms with Crippen LogP contribution in [0.3, 0.4) is 0 Å². The molecule has 13 heteroatoms. The zero-order valence-corrected chi connectivity index (χ0v) is 21.6. The van der Waals surface area contributed by atoms with Crippen LogP contribution in [-0.4, -0.2) is 50.2 Å². The van der Waals surface area contributed by atoms with Crippen LogP contribution in [0.25, 0.3) is 23.2 Å². The number of carbonyl (C=O) groups excluding carboxylic acids is 1. The number of halogens is 3. The second kappa shape index (κ2) is 10.1. The predicted molar refractivity (Wildman–Crippen MR) is 132 cm³/mol. The van der Waals surface area contributed by atoms with Crippen LogP contribution < -0.4 is 14.5 Å². The number of hydrogen-bond acceptors (Lipinski definition) is 8. The Morgan fingerprint density at radius 1 is 1.10 bits per heavy atom. The number of aromatic nitrogens is 6. The zero-order valence-electron chi connectivity index (χ0n) is 21.6. The van der Waals surface area contributed by atoms with E-state index >= 15 is 0 Å². The number of nitrogens with zero attached hydrogens (tertiary/aromatic N) is 7. The lowest BCUT2D eigenvalue weighted by Gasteiger charge is -2.33. The fourth-order valence-electron chi connectivity index (χ4n) is 4.25. The Labute approximate surface area is 222 Å². The Morgan fingerprint density at radius 3 is 2.49 bits per heavy atom. The molecule has 5 rings (SSSR count). The van der Waals surface area contributed by atoms with Crippen molar-refractivity contribution >= 4 is 11.8 Å². The maximum absolute atomic E-state index is 12.9. The van der Waals surface area contributed by atoms with Gasteiger partial charge in [-0.1, -0.05) is 32.0 Å². The molecule has 3 aromatic heterocycles. The summed E-state index contributed by atoms with van der Waals surface area (Å²) >= 11 is 0. The Balaban J connectivity index is 1.40. The molecule has 1 aromatic carbocycles. The molecule has 0 spiro atoms. The molecule has 0 bridgehead atoms. The highest BCUT2D eigenvalue weighted by atomic mass is 19.4. The maximum atomic E-state index is 12.9. The molecule has 1 aliphatic rings. The van der Waals surface area contributed by atoms with E-state index in [1.165, 1.54) is 6.20 Å². The second-order valence-electron chi connectivity index (χ2n) is 10.2. The van der Waals surface area contributed by atoms with Gasteiger partial charge in [-0.2, -0.15) is 13.2 Å². The minimum absolute atomic E-state index is 0.116. The van der Waals surface area contributed by atoms with Gasteiger partial charge in [-0.15, -0.1) is 15.3 Å². The van der Waals surface area contributed by atoms with Gasteiger partial charge in [0.2, 0.25) is 11.7 Å². The molecule has 0 radical (unpaired) electrons. The van der Waals surface area contributed by atoms with Gasteiger partial charge in [0.15, 0.2) is 0 Å². The molecule has 0 N–H and O–H groups in total. The average molecular weight is 543 g/mol. The van der Waals surface area contributed by atoms with E-state index in [1.807, 2.05) is 35.2 Å². The van der Waals surface area contributed by atoms with Crippen LogP contribution in [0, 0.1) is 12.3 Å². The lowest BCUT2D eigenvalue weighted by molar-refractivity contribution is -0.860. The number of carbonyl (C=O) groups is 1. The minimum Gasteiger partial charge on any atom is -0.413 e. The summed E-state index contributed by atoms with van der Waals surface area (Å²) in [5.41, 5.74) is 1.61. The molecule has 10 nitrogen and oxygen atoms in total. The Bertz CT molecular complexity index is 1470. The topological polar surface area (TPSA) is 103 Å². The van der Waals surface area contributed by atoms with Crippen molar-refractivity contribution in [2.24, 2.45) is 5.41 Å². The van der Waals surface area contributed by atoms with Gasteiger partial charge in [0.05, 0.1) is 19.6 Å². The fraction of sp³-hybridized carbons (Fsp3) is 0.385. The van der Waals surface area contributed by atoms with Gasteiger partial charge in [-0.05, 0) is 53.7 Å². The van der Waals surface area contributed by atoms with E-state index < -0.39 is 12.1 Å². The van der Waals surface area contributed by atoms with E-state index in [4.69, 9.17) is 9.25 Å². The lowest BCUT2D eigenvalue weighted by Crippen LogP contribution is -2.54. The molecule has 1 aliphatic heterocycles. The molecular weight excluding hydrogens is 515 g/mol. The average Bonchev–Trinajstić information content (AvgIpc) is 3.52. The van der Waals surface area contributed by atoms with Gasteiger partial charge in [0.25, 0.3) is 5.89 Å². The number of rotatable bonds is 6. The molecule has 4 heterocycles. The molecule has 0 atom stereocenters. The number of hydrogen-bond donors (Lipinski definition) is 0. The summed E-state index contributed by atoms with van der Waals surface area (Å²) in [5, 5.41) is 12.6. The van der Waals surface area contributed by atoms with Crippen LogP contribution in [0.5, 0.6) is 0 Å². The molecule has 0 amide bonds. The van der Waals surface area contributed by atoms with Crippen molar-refractivity contribution in [3.63, 3.8) is 0 Å². The van der Waals surface area contributed by atoms with Crippen LogP contribution in [0.4, 0.5) is 19.0 Å². The molecule has 39 heavy (non-hydrogen) atoms. The molecule has 4 aromatic rings. The van der Waals surface area contributed by atoms with Gasteiger partial charge in [0, 0.05) is 11.6 Å². The predicted octanol–water partition coefficient (Wildman–Crippen LogP) is 3.78. The summed E-state index contributed by atoms with van der Waals surface area (Å²) in [5.74, 6) is -0.600. The Kier molecular flexibility index (Phi) is 6.83. The van der Waals surface area contributed by atoms with Crippen molar-refractivity contribution in [2.75, 3.05) is 18.0 Å². The van der Waals surface area contributed by atoms with Gasteiger partial charge in [-0.25, -0.2) is 19.3 Å². The normalized spacial score (nSPS) is 15.4. The highest BCUT2D eigenvalue weighted by molar-refractivity contribution is 5.75. The number of anilines is 1. The molecule has 204 valence electrons. The van der Waals surface area contributed by atoms with E-state index in [1.54, 1.807) is 23.7 Å². The molecule has 0 aliphatic carbocycles. The standard InChI is InChI=1S/C26H27F3N7O3/c1-17-30-21(23-32-31-22(38-23)19-7-5-4-6-8-19)33-35(17)16-18-9-12-36(39-24(37)26(27,28)29)20(15-18)34-13-10-25(2,3)11-14-34/h4-9,12,15H,10-11,13-14,16H2,1-3H3/q+1. The van der Waals surface area contributed by atoms with Crippen LogP contribution in [0.1, 0.15) is 38.1 Å². The van der Waals surface area contributed by atoms with E-state index in [0.29, 0.717) is 30.6 Å². The van der Waals surface area contributed by atoms with Crippen molar-refractivity contribution in [3.8, 4) is 23.2 Å². The van der Waals surface area contributed by atoms with Crippen molar-refractivity contribution in [2.45, 2.75) is 46.3 Å². The van der Waals surface area contributed by atoms with Crippen molar-refractivity contribution in [1.82, 2.24) is 25.0 Å². The first-order valence-corrected chi connectivity index (χ1v) is 12.4. The smallest absolute Gasteiger partial charge is 0.413 e. The maximum Gasteiger partial charge on any atom is 0.495 e. The van der Waals surface area contributed by atoms with Gasteiger partial charge in [0.1, 0.15) is 12.0 Å². The Hall–Kier alpha value is -4.29. The summed E-state index contributed by atoms with van der Waals surface area (Å²) in [7, 11) is 0. The highest BCUT2D eigenvalue weighted by Gasteiger charge is 2.44. The third-order valence-corrected chi connectivity index (χ3v) is 6.64. The summed E-state index contributed by atoms with van der Waals surface area (Å²) in [6.07, 6.45) is -2.13. The number of pyridine rings is 1. The summed E-state index contributed by atoms with van der Waals surface area (Å²) in [6.45, 7) is 7.54. The van der Waals surface area contributed by atoms with E-state index in [2.05, 4.69) is 34.1 Å². The number of aryl methyl sites for hydroxylation is 1. The number of alkyl halides is 3.